The van der Waals surface area contributed by atoms with E-state index in [9.17, 15) is 9.59 Å². The Morgan fingerprint density at radius 1 is 1.12 bits per heavy atom. The first kappa shape index (κ1) is 21.3. The highest BCUT2D eigenvalue weighted by Crippen LogP contribution is 2.26. The Hall–Kier alpha value is -1.79. The number of carbonyl (C=O) groups is 2. The zero-order valence-corrected chi connectivity index (χ0v) is 15.5. The van der Waals surface area contributed by atoms with E-state index in [1.54, 1.807) is 19.1 Å². The molecule has 0 spiro atoms. The van der Waals surface area contributed by atoms with E-state index >= 15 is 0 Å². The Kier molecular flexibility index (Phi) is 9.31. The molecule has 1 saturated carbocycles. The average Bonchev–Trinajstić information content (AvgIpc) is 2.60. The second-order valence-corrected chi connectivity index (χ2v) is 6.44. The van der Waals surface area contributed by atoms with E-state index in [0.29, 0.717) is 18.2 Å². The molecule has 2 unspecified atom stereocenters. The van der Waals surface area contributed by atoms with Crippen molar-refractivity contribution in [2.24, 2.45) is 11.7 Å². The zero-order chi connectivity index (χ0) is 17.4. The van der Waals surface area contributed by atoms with Crippen LogP contribution in [0.3, 0.4) is 0 Å². The van der Waals surface area contributed by atoms with Gasteiger partial charge < -0.3 is 21.7 Å². The van der Waals surface area contributed by atoms with Gasteiger partial charge in [0.05, 0.1) is 0 Å². The van der Waals surface area contributed by atoms with E-state index in [1.165, 1.54) is 19.3 Å². The van der Waals surface area contributed by atoms with Gasteiger partial charge in [0.15, 0.2) is 0 Å². The monoisotopic (exact) mass is 368 g/mol. The minimum atomic E-state index is -0.619. The van der Waals surface area contributed by atoms with Crippen LogP contribution in [0.5, 0.6) is 0 Å². The number of hydrogen-bond donors (Lipinski definition) is 4. The fourth-order valence-corrected chi connectivity index (χ4v) is 3.16. The number of anilines is 1. The molecule has 0 radical (unpaired) electrons. The van der Waals surface area contributed by atoms with Crippen molar-refractivity contribution in [3.63, 3.8) is 0 Å². The lowest BCUT2D eigenvalue weighted by atomic mass is 9.84. The summed E-state index contributed by atoms with van der Waals surface area (Å²) in [7, 11) is 0. The van der Waals surface area contributed by atoms with Gasteiger partial charge in [0, 0.05) is 18.3 Å². The Labute approximate surface area is 155 Å². The van der Waals surface area contributed by atoms with Gasteiger partial charge >= 0.3 is 6.03 Å². The fourth-order valence-electron chi connectivity index (χ4n) is 3.16. The summed E-state index contributed by atoms with van der Waals surface area (Å²) in [6.45, 7) is 2.10. The molecule has 0 bridgehead atoms. The maximum atomic E-state index is 12.3. The van der Waals surface area contributed by atoms with Crippen molar-refractivity contribution in [3.05, 3.63) is 30.3 Å². The van der Waals surface area contributed by atoms with Gasteiger partial charge in [0.2, 0.25) is 5.91 Å². The average molecular weight is 369 g/mol. The van der Waals surface area contributed by atoms with Gasteiger partial charge in [0.1, 0.15) is 6.04 Å². The number of hydrogen-bond acceptors (Lipinski definition) is 3. The lowest BCUT2D eigenvalue weighted by Gasteiger charge is -2.31. The van der Waals surface area contributed by atoms with Crippen molar-refractivity contribution in [1.29, 1.82) is 0 Å². The molecule has 1 aliphatic rings. The van der Waals surface area contributed by atoms with Crippen LogP contribution in [0.15, 0.2) is 30.3 Å². The van der Waals surface area contributed by atoms with Crippen LogP contribution in [0.4, 0.5) is 10.5 Å². The van der Waals surface area contributed by atoms with Crippen LogP contribution >= 0.6 is 12.4 Å². The van der Waals surface area contributed by atoms with Crippen molar-refractivity contribution in [2.75, 3.05) is 11.9 Å². The molecule has 140 valence electrons. The SMILES string of the molecule is CC(NC(=O)Nc1ccccc1)C(=O)NC(CN)C1CCCCC1.Cl. The lowest BCUT2D eigenvalue weighted by molar-refractivity contribution is -0.123. The van der Waals surface area contributed by atoms with Crippen molar-refractivity contribution in [2.45, 2.75) is 51.1 Å². The number of nitrogens with two attached hydrogens (primary N) is 1. The van der Waals surface area contributed by atoms with Gasteiger partial charge in [-0.1, -0.05) is 37.5 Å². The van der Waals surface area contributed by atoms with E-state index in [2.05, 4.69) is 16.0 Å². The van der Waals surface area contributed by atoms with Crippen LogP contribution in [0.25, 0.3) is 0 Å². The summed E-state index contributed by atoms with van der Waals surface area (Å²) in [4.78, 5) is 24.3. The smallest absolute Gasteiger partial charge is 0.319 e. The summed E-state index contributed by atoms with van der Waals surface area (Å²) >= 11 is 0. The molecule has 0 aromatic heterocycles. The predicted molar refractivity (Wildman–Crippen MR) is 103 cm³/mol. The van der Waals surface area contributed by atoms with E-state index in [4.69, 9.17) is 5.73 Å². The van der Waals surface area contributed by atoms with Crippen LogP contribution < -0.4 is 21.7 Å². The Morgan fingerprint density at radius 2 is 1.76 bits per heavy atom. The third-order valence-corrected chi connectivity index (χ3v) is 4.57. The number of amides is 3. The largest absolute Gasteiger partial charge is 0.350 e. The maximum absolute atomic E-state index is 12.3. The van der Waals surface area contributed by atoms with E-state index < -0.39 is 12.1 Å². The molecular weight excluding hydrogens is 340 g/mol. The van der Waals surface area contributed by atoms with E-state index in [1.807, 2.05) is 18.2 Å². The van der Waals surface area contributed by atoms with Crippen molar-refractivity contribution in [1.82, 2.24) is 10.6 Å². The number of para-hydroxylation sites is 1. The molecule has 1 aromatic rings. The van der Waals surface area contributed by atoms with Crippen molar-refractivity contribution in [3.8, 4) is 0 Å². The summed E-state index contributed by atoms with van der Waals surface area (Å²) in [5, 5.41) is 8.36. The molecule has 25 heavy (non-hydrogen) atoms. The number of carbonyl (C=O) groups excluding carboxylic acids is 2. The second kappa shape index (κ2) is 10.9. The highest BCUT2D eigenvalue weighted by molar-refractivity contribution is 5.93. The lowest BCUT2D eigenvalue weighted by Crippen LogP contribution is -2.53. The molecule has 0 heterocycles. The summed E-state index contributed by atoms with van der Waals surface area (Å²) in [6, 6.07) is 8.09. The molecule has 3 amide bonds. The van der Waals surface area contributed by atoms with Crippen LogP contribution in [-0.2, 0) is 4.79 Å². The molecule has 0 aliphatic heterocycles. The molecule has 1 fully saturated rings. The first-order valence-corrected chi connectivity index (χ1v) is 8.73. The van der Waals surface area contributed by atoms with Gasteiger partial charge in [-0.05, 0) is 37.8 Å². The van der Waals surface area contributed by atoms with Gasteiger partial charge in [-0.25, -0.2) is 4.79 Å². The standard InChI is InChI=1S/C18H28N4O2.ClH/c1-13(20-18(24)21-15-10-6-3-7-11-15)17(23)22-16(12-19)14-8-4-2-5-9-14;/h3,6-7,10-11,13-14,16H,2,4-5,8-9,12,19H2,1H3,(H,22,23)(H2,20,21,24);1H. The topological polar surface area (TPSA) is 96.2 Å². The highest BCUT2D eigenvalue weighted by atomic mass is 35.5. The molecule has 6 nitrogen and oxygen atoms in total. The third kappa shape index (κ3) is 6.92. The molecule has 1 aliphatic carbocycles. The van der Waals surface area contributed by atoms with Crippen molar-refractivity contribution >= 4 is 30.0 Å². The van der Waals surface area contributed by atoms with Gasteiger partial charge in [-0.2, -0.15) is 0 Å². The minimum Gasteiger partial charge on any atom is -0.350 e. The number of nitrogens with one attached hydrogen (secondary N) is 3. The molecule has 1 aromatic carbocycles. The fraction of sp³-hybridized carbons (Fsp3) is 0.556. The van der Waals surface area contributed by atoms with Gasteiger partial charge in [-0.3, -0.25) is 4.79 Å². The number of benzene rings is 1. The van der Waals surface area contributed by atoms with Crippen molar-refractivity contribution < 1.29 is 9.59 Å². The van der Waals surface area contributed by atoms with Crippen LogP contribution in [-0.4, -0.2) is 30.6 Å². The molecule has 2 rings (SSSR count). The summed E-state index contributed by atoms with van der Waals surface area (Å²) in [5.41, 5.74) is 6.53. The van der Waals surface area contributed by atoms with E-state index in [-0.39, 0.29) is 24.4 Å². The third-order valence-electron chi connectivity index (χ3n) is 4.57. The normalized spacial score (nSPS) is 16.9. The molecule has 0 saturated heterocycles. The maximum Gasteiger partial charge on any atom is 0.319 e. The molecular formula is C18H29ClN4O2. The zero-order valence-electron chi connectivity index (χ0n) is 14.7. The summed E-state index contributed by atoms with van der Waals surface area (Å²) < 4.78 is 0. The summed E-state index contributed by atoms with van der Waals surface area (Å²) in [5.74, 6) is 0.247. The highest BCUT2D eigenvalue weighted by Gasteiger charge is 2.26. The number of rotatable bonds is 6. The first-order valence-electron chi connectivity index (χ1n) is 8.73. The van der Waals surface area contributed by atoms with Crippen LogP contribution in [0.2, 0.25) is 0 Å². The van der Waals surface area contributed by atoms with Crippen LogP contribution in [0.1, 0.15) is 39.0 Å². The number of urea groups is 1. The van der Waals surface area contributed by atoms with Gasteiger partial charge in [0.25, 0.3) is 0 Å². The first-order chi connectivity index (χ1) is 11.6. The number of halogens is 1. The second-order valence-electron chi connectivity index (χ2n) is 6.44. The molecule has 2 atom stereocenters. The quantitative estimate of drug-likeness (QED) is 0.621. The summed E-state index contributed by atoms with van der Waals surface area (Å²) in [6.07, 6.45) is 5.88. The molecule has 5 N–H and O–H groups in total. The Morgan fingerprint density at radius 3 is 2.36 bits per heavy atom. The van der Waals surface area contributed by atoms with E-state index in [0.717, 1.165) is 12.8 Å². The Balaban J connectivity index is 0.00000312. The predicted octanol–water partition coefficient (Wildman–Crippen LogP) is 2.64. The van der Waals surface area contributed by atoms with Gasteiger partial charge in [-0.15, -0.1) is 12.4 Å². The molecule has 7 heteroatoms. The Bertz CT molecular complexity index is 535. The minimum absolute atomic E-state index is 0. The van der Waals surface area contributed by atoms with Crippen LogP contribution in [0, 0.1) is 5.92 Å².